The van der Waals surface area contributed by atoms with Crippen LogP contribution in [0.5, 0.6) is 0 Å². The molecule has 1 saturated carbocycles. The van der Waals surface area contributed by atoms with Crippen LogP contribution in [0, 0.1) is 5.41 Å². The molecule has 6 nitrogen and oxygen atoms in total. The van der Waals surface area contributed by atoms with E-state index in [4.69, 9.17) is 4.74 Å². The molecular formula is C14H24N2O4S. The van der Waals surface area contributed by atoms with Gasteiger partial charge in [-0.3, -0.25) is 4.79 Å². The van der Waals surface area contributed by atoms with E-state index in [1.165, 1.54) is 0 Å². The number of ether oxygens (including phenoxy) is 1. The van der Waals surface area contributed by atoms with Gasteiger partial charge in [-0.2, -0.15) is 11.8 Å². The van der Waals surface area contributed by atoms with Crippen LogP contribution < -0.4 is 10.6 Å². The Morgan fingerprint density at radius 3 is 2.48 bits per heavy atom. The summed E-state index contributed by atoms with van der Waals surface area (Å²) in [5.74, 6) is -0.939. The summed E-state index contributed by atoms with van der Waals surface area (Å²) in [5, 5.41) is 15.7. The largest absolute Gasteiger partial charge is 0.481 e. The Kier molecular flexibility index (Phi) is 5.37. The molecule has 1 saturated heterocycles. The number of carbonyl (C=O) groups excluding carboxylic acids is 1. The normalized spacial score (nSPS) is 36.2. The first-order valence-corrected chi connectivity index (χ1v) is 8.65. The first-order valence-electron chi connectivity index (χ1n) is 7.36. The summed E-state index contributed by atoms with van der Waals surface area (Å²) in [5.41, 5.74) is -1.05. The van der Waals surface area contributed by atoms with Gasteiger partial charge in [0, 0.05) is 11.3 Å². The topological polar surface area (TPSA) is 87.7 Å². The maximum absolute atomic E-state index is 12.1. The monoisotopic (exact) mass is 316 g/mol. The fourth-order valence-corrected chi connectivity index (χ4v) is 3.66. The first-order chi connectivity index (χ1) is 9.95. The molecule has 21 heavy (non-hydrogen) atoms. The van der Waals surface area contributed by atoms with Crippen molar-refractivity contribution in [1.82, 2.24) is 10.6 Å². The number of nitrogens with one attached hydrogen (secondary N) is 2. The molecular weight excluding hydrogens is 292 g/mol. The first kappa shape index (κ1) is 16.4. The molecule has 0 aromatic rings. The lowest BCUT2D eigenvalue weighted by atomic mass is 9.85. The van der Waals surface area contributed by atoms with Crippen molar-refractivity contribution in [2.45, 2.75) is 49.9 Å². The van der Waals surface area contributed by atoms with Crippen LogP contribution in [-0.2, 0) is 9.53 Å². The second-order valence-corrected chi connectivity index (χ2v) is 7.26. The van der Waals surface area contributed by atoms with Crippen molar-refractivity contribution >= 4 is 23.8 Å². The minimum absolute atomic E-state index is 0.131. The summed E-state index contributed by atoms with van der Waals surface area (Å²) in [6.07, 6.45) is 6.32. The molecule has 2 aliphatic rings. The quantitative estimate of drug-likeness (QED) is 0.730. The number of rotatable bonds is 4. The number of thioether (sulfide) groups is 1. The molecule has 0 aromatic carbocycles. The van der Waals surface area contributed by atoms with E-state index in [0.29, 0.717) is 5.25 Å². The number of aliphatic carboxylic acids is 1. The van der Waals surface area contributed by atoms with Gasteiger partial charge in [-0.25, -0.2) is 4.79 Å². The van der Waals surface area contributed by atoms with E-state index in [1.807, 2.05) is 11.8 Å². The van der Waals surface area contributed by atoms with E-state index in [2.05, 4.69) is 16.9 Å². The minimum atomic E-state index is -1.05. The molecule has 120 valence electrons. The maximum Gasteiger partial charge on any atom is 0.315 e. The van der Waals surface area contributed by atoms with Crippen LogP contribution in [0.25, 0.3) is 0 Å². The fourth-order valence-electron chi connectivity index (χ4n) is 2.91. The van der Waals surface area contributed by atoms with Crippen LogP contribution in [0.3, 0.4) is 0 Å². The number of urea groups is 1. The van der Waals surface area contributed by atoms with Gasteiger partial charge in [0.05, 0.1) is 19.3 Å². The molecule has 0 bridgehead atoms. The fraction of sp³-hybridized carbons (Fsp3) is 0.857. The number of carbonyl (C=O) groups is 2. The Morgan fingerprint density at radius 2 is 1.90 bits per heavy atom. The number of carboxylic acid groups (broad SMARTS) is 1. The highest BCUT2D eigenvalue weighted by Gasteiger charge is 2.47. The third-order valence-electron chi connectivity index (χ3n) is 4.59. The van der Waals surface area contributed by atoms with Gasteiger partial charge in [0.1, 0.15) is 5.41 Å². The minimum Gasteiger partial charge on any atom is -0.481 e. The van der Waals surface area contributed by atoms with Crippen molar-refractivity contribution in [2.75, 3.05) is 19.5 Å². The zero-order valence-electron chi connectivity index (χ0n) is 12.6. The summed E-state index contributed by atoms with van der Waals surface area (Å²) in [4.78, 5) is 23.4. The lowest BCUT2D eigenvalue weighted by molar-refractivity contribution is -0.148. The van der Waals surface area contributed by atoms with Crippen molar-refractivity contribution in [2.24, 2.45) is 5.41 Å². The molecule has 1 heterocycles. The molecule has 0 radical (unpaired) electrons. The van der Waals surface area contributed by atoms with E-state index in [9.17, 15) is 14.7 Å². The van der Waals surface area contributed by atoms with E-state index in [0.717, 1.165) is 25.7 Å². The van der Waals surface area contributed by atoms with Crippen molar-refractivity contribution < 1.29 is 19.4 Å². The van der Waals surface area contributed by atoms with Crippen LogP contribution in [0.2, 0.25) is 0 Å². The van der Waals surface area contributed by atoms with Gasteiger partial charge in [0.2, 0.25) is 0 Å². The summed E-state index contributed by atoms with van der Waals surface area (Å²) in [6, 6.07) is -0.588. The second-order valence-electron chi connectivity index (χ2n) is 6.12. The third kappa shape index (κ3) is 3.83. The van der Waals surface area contributed by atoms with Gasteiger partial charge in [-0.1, -0.05) is 0 Å². The average Bonchev–Trinajstić information content (AvgIpc) is 2.82. The number of hydrogen-bond acceptors (Lipinski definition) is 4. The molecule has 2 atom stereocenters. The number of hydrogen-bond donors (Lipinski definition) is 3. The van der Waals surface area contributed by atoms with Gasteiger partial charge in [-0.05, 0) is 38.9 Å². The smallest absolute Gasteiger partial charge is 0.315 e. The Hall–Kier alpha value is -0.950. The maximum atomic E-state index is 12.1. The Balaban J connectivity index is 1.81. The molecule has 2 amide bonds. The van der Waals surface area contributed by atoms with E-state index in [-0.39, 0.29) is 25.3 Å². The van der Waals surface area contributed by atoms with Crippen molar-refractivity contribution in [3.05, 3.63) is 0 Å². The summed E-state index contributed by atoms with van der Waals surface area (Å²) < 4.78 is 5.23. The second kappa shape index (κ2) is 6.87. The Bertz CT molecular complexity index is 398. The highest BCUT2D eigenvalue weighted by molar-refractivity contribution is 7.99. The number of amides is 2. The Morgan fingerprint density at radius 1 is 1.24 bits per heavy atom. The lowest BCUT2D eigenvalue weighted by Crippen LogP contribution is -2.54. The van der Waals surface area contributed by atoms with Crippen LogP contribution in [0.1, 0.15) is 32.6 Å². The average molecular weight is 316 g/mol. The lowest BCUT2D eigenvalue weighted by Gasteiger charge is -2.30. The van der Waals surface area contributed by atoms with E-state index >= 15 is 0 Å². The molecule has 2 rings (SSSR count). The molecule has 2 unspecified atom stereocenters. The van der Waals surface area contributed by atoms with Crippen LogP contribution in [0.15, 0.2) is 0 Å². The van der Waals surface area contributed by atoms with Gasteiger partial charge in [0.25, 0.3) is 0 Å². The number of carboxylic acids is 1. The zero-order chi connectivity index (χ0) is 15.5. The summed E-state index contributed by atoms with van der Waals surface area (Å²) in [6.45, 7) is 1.98. The molecule has 1 aliphatic carbocycles. The van der Waals surface area contributed by atoms with Crippen LogP contribution in [0.4, 0.5) is 4.79 Å². The van der Waals surface area contributed by atoms with Crippen molar-refractivity contribution in [1.29, 1.82) is 0 Å². The molecule has 2 fully saturated rings. The predicted molar refractivity (Wildman–Crippen MR) is 81.6 cm³/mol. The molecule has 3 N–H and O–H groups in total. The third-order valence-corrected chi connectivity index (χ3v) is 5.73. The predicted octanol–water partition coefficient (Wildman–Crippen LogP) is 1.45. The Labute approximate surface area is 129 Å². The zero-order valence-corrected chi connectivity index (χ0v) is 13.4. The SMILES string of the molecule is CSC1CCC(NC(=O)NC2COCC2(C)C(=O)O)CC1. The molecule has 1 aliphatic heterocycles. The highest BCUT2D eigenvalue weighted by Crippen LogP contribution is 2.29. The molecule has 7 heteroatoms. The molecule has 0 aromatic heterocycles. The van der Waals surface area contributed by atoms with Crippen LogP contribution in [-0.4, -0.2) is 53.9 Å². The van der Waals surface area contributed by atoms with Gasteiger partial charge in [0.15, 0.2) is 0 Å². The molecule has 0 spiro atoms. The highest BCUT2D eigenvalue weighted by atomic mass is 32.2. The summed E-state index contributed by atoms with van der Waals surface area (Å²) in [7, 11) is 0. The van der Waals surface area contributed by atoms with E-state index in [1.54, 1.807) is 6.92 Å². The van der Waals surface area contributed by atoms with Crippen LogP contribution >= 0.6 is 11.8 Å². The van der Waals surface area contributed by atoms with Crippen molar-refractivity contribution in [3.8, 4) is 0 Å². The van der Waals surface area contributed by atoms with Crippen molar-refractivity contribution in [3.63, 3.8) is 0 Å². The van der Waals surface area contributed by atoms with E-state index < -0.39 is 17.4 Å². The standard InChI is InChI=1S/C14H24N2O4S/c1-14(12(17)18)8-20-7-11(14)16-13(19)15-9-3-5-10(21-2)6-4-9/h9-11H,3-8H2,1-2H3,(H,17,18)(H2,15,16,19). The van der Waals surface area contributed by atoms with Gasteiger partial charge < -0.3 is 20.5 Å². The summed E-state index contributed by atoms with van der Waals surface area (Å²) >= 11 is 1.89. The van der Waals surface area contributed by atoms with Gasteiger partial charge in [-0.15, -0.1) is 0 Å². The van der Waals surface area contributed by atoms with Gasteiger partial charge >= 0.3 is 12.0 Å².